The van der Waals surface area contributed by atoms with Crippen LogP contribution in [-0.2, 0) is 10.0 Å². The second-order valence-electron chi connectivity index (χ2n) is 11.1. The SMILES string of the molecule is O=S1(=O)CCN(c2nc(OCC34CCCN3CCC4)nc3c(F)c(-c4cc(O)cc5ccccc45)ncc23)CCN1. The van der Waals surface area contributed by atoms with Gasteiger partial charge in [0.2, 0.25) is 10.0 Å². The molecule has 0 spiro atoms. The van der Waals surface area contributed by atoms with Gasteiger partial charge in [-0.3, -0.25) is 9.88 Å². The van der Waals surface area contributed by atoms with Gasteiger partial charge in [0.25, 0.3) is 0 Å². The van der Waals surface area contributed by atoms with Crippen LogP contribution in [0.2, 0.25) is 0 Å². The van der Waals surface area contributed by atoms with E-state index >= 15 is 4.39 Å². The molecule has 0 saturated carbocycles. The Morgan fingerprint density at radius 1 is 1.05 bits per heavy atom. The average molecular weight is 579 g/mol. The molecule has 2 aromatic heterocycles. The van der Waals surface area contributed by atoms with E-state index in [2.05, 4.69) is 19.6 Å². The van der Waals surface area contributed by atoms with Crippen LogP contribution in [0.15, 0.2) is 42.6 Å². The number of benzene rings is 2. The second-order valence-corrected chi connectivity index (χ2v) is 13.1. The Hall–Kier alpha value is -3.61. The summed E-state index contributed by atoms with van der Waals surface area (Å²) in [4.78, 5) is 18.0. The summed E-state index contributed by atoms with van der Waals surface area (Å²) < 4.78 is 49.8. The number of hydrogen-bond donors (Lipinski definition) is 2. The van der Waals surface area contributed by atoms with Crippen LogP contribution in [-0.4, -0.2) is 84.0 Å². The molecule has 12 heteroatoms. The number of sulfonamides is 1. The Labute approximate surface area is 237 Å². The van der Waals surface area contributed by atoms with E-state index in [9.17, 15) is 13.5 Å². The number of pyridine rings is 1. The highest BCUT2D eigenvalue weighted by molar-refractivity contribution is 7.89. The Kier molecular flexibility index (Phi) is 6.44. The van der Waals surface area contributed by atoms with E-state index in [0.29, 0.717) is 29.9 Å². The van der Waals surface area contributed by atoms with Crippen molar-refractivity contribution < 1.29 is 22.7 Å². The van der Waals surface area contributed by atoms with E-state index in [0.717, 1.165) is 49.5 Å². The summed E-state index contributed by atoms with van der Waals surface area (Å²) in [7, 11) is -3.42. The number of aromatic nitrogens is 3. The van der Waals surface area contributed by atoms with Gasteiger partial charge in [0.05, 0.1) is 16.7 Å². The summed E-state index contributed by atoms with van der Waals surface area (Å²) in [5.74, 6) is -0.387. The molecule has 41 heavy (non-hydrogen) atoms. The summed E-state index contributed by atoms with van der Waals surface area (Å²) >= 11 is 0. The first-order chi connectivity index (χ1) is 19.8. The van der Waals surface area contributed by atoms with E-state index in [-0.39, 0.29) is 47.4 Å². The molecule has 5 heterocycles. The van der Waals surface area contributed by atoms with Gasteiger partial charge in [0.1, 0.15) is 29.4 Å². The largest absolute Gasteiger partial charge is 0.508 e. The molecule has 3 fully saturated rings. The second kappa shape index (κ2) is 10.0. The maximum Gasteiger partial charge on any atom is 0.319 e. The lowest BCUT2D eigenvalue weighted by Gasteiger charge is -2.31. The highest BCUT2D eigenvalue weighted by Gasteiger charge is 2.45. The van der Waals surface area contributed by atoms with E-state index in [4.69, 9.17) is 9.72 Å². The van der Waals surface area contributed by atoms with Gasteiger partial charge < -0.3 is 14.7 Å². The standard InChI is InChI=1S/C29H31FN6O4S/c30-24-25(22-16-20(37)15-19-5-1-2-6-21(19)22)31-17-23-26(24)33-28(40-18-29-7-3-10-36(29)11-4-8-29)34-27(23)35-12-9-32-41(38,39)14-13-35/h1-2,5-6,15-17,32,37H,3-4,7-14,18H2. The predicted octanol–water partition coefficient (Wildman–Crippen LogP) is 3.44. The maximum absolute atomic E-state index is 16.5. The average Bonchev–Trinajstić information content (AvgIpc) is 3.48. The van der Waals surface area contributed by atoms with Crippen molar-refractivity contribution in [3.05, 3.63) is 48.4 Å². The van der Waals surface area contributed by atoms with Crippen molar-refractivity contribution in [1.82, 2.24) is 24.6 Å². The molecular weight excluding hydrogens is 547 g/mol. The van der Waals surface area contributed by atoms with Gasteiger partial charge in [0.15, 0.2) is 5.82 Å². The Morgan fingerprint density at radius 2 is 1.85 bits per heavy atom. The minimum atomic E-state index is -3.42. The molecule has 2 N–H and O–H groups in total. The number of phenolic OH excluding ortho intramolecular Hbond substituents is 1. The number of aromatic hydroxyl groups is 1. The van der Waals surface area contributed by atoms with Crippen LogP contribution in [0.4, 0.5) is 10.2 Å². The molecule has 3 aliphatic rings. The van der Waals surface area contributed by atoms with Gasteiger partial charge in [-0.1, -0.05) is 24.3 Å². The molecule has 4 aromatic rings. The van der Waals surface area contributed by atoms with E-state index in [1.54, 1.807) is 6.07 Å². The van der Waals surface area contributed by atoms with Crippen molar-refractivity contribution in [2.24, 2.45) is 0 Å². The number of hydrogen-bond acceptors (Lipinski definition) is 9. The Bertz CT molecular complexity index is 1760. The molecule has 0 unspecified atom stereocenters. The lowest BCUT2D eigenvalue weighted by Crippen LogP contribution is -2.43. The van der Waals surface area contributed by atoms with Crippen LogP contribution in [0.5, 0.6) is 11.8 Å². The van der Waals surface area contributed by atoms with Crippen LogP contribution in [0.25, 0.3) is 32.9 Å². The van der Waals surface area contributed by atoms with E-state index in [1.165, 1.54) is 12.3 Å². The van der Waals surface area contributed by atoms with Crippen LogP contribution in [0.1, 0.15) is 25.7 Å². The van der Waals surface area contributed by atoms with Crippen molar-refractivity contribution in [3.8, 4) is 23.0 Å². The third kappa shape index (κ3) is 4.73. The molecule has 214 valence electrons. The topological polar surface area (TPSA) is 121 Å². The highest BCUT2D eigenvalue weighted by Crippen LogP contribution is 2.40. The van der Waals surface area contributed by atoms with Crippen LogP contribution in [0, 0.1) is 5.82 Å². The number of rotatable bonds is 5. The zero-order valence-electron chi connectivity index (χ0n) is 22.5. The molecule has 0 atom stereocenters. The Morgan fingerprint density at radius 3 is 2.68 bits per heavy atom. The van der Waals surface area contributed by atoms with Gasteiger partial charge in [-0.05, 0) is 61.7 Å². The first-order valence-electron chi connectivity index (χ1n) is 14.0. The van der Waals surface area contributed by atoms with E-state index in [1.807, 2.05) is 29.2 Å². The molecular formula is C29H31FN6O4S. The molecule has 0 bridgehead atoms. The molecule has 3 saturated heterocycles. The van der Waals surface area contributed by atoms with Gasteiger partial charge >= 0.3 is 6.01 Å². The minimum absolute atomic E-state index is 0.00242. The third-order valence-electron chi connectivity index (χ3n) is 8.66. The van der Waals surface area contributed by atoms with Gasteiger partial charge in [-0.2, -0.15) is 9.97 Å². The van der Waals surface area contributed by atoms with Gasteiger partial charge in [-0.25, -0.2) is 17.5 Å². The predicted molar refractivity (Wildman–Crippen MR) is 154 cm³/mol. The van der Waals surface area contributed by atoms with E-state index < -0.39 is 15.8 Å². The molecule has 2 aromatic carbocycles. The Balaban J connectivity index is 1.35. The van der Waals surface area contributed by atoms with Gasteiger partial charge in [-0.15, -0.1) is 0 Å². The van der Waals surface area contributed by atoms with Gasteiger partial charge in [0, 0.05) is 31.4 Å². The van der Waals surface area contributed by atoms with Crippen molar-refractivity contribution in [2.75, 3.05) is 50.0 Å². The highest BCUT2D eigenvalue weighted by atomic mass is 32.2. The number of anilines is 1. The fraction of sp³-hybridized carbons (Fsp3) is 0.414. The summed E-state index contributed by atoms with van der Waals surface area (Å²) in [6.07, 6.45) is 5.83. The third-order valence-corrected chi connectivity index (χ3v) is 10.0. The lowest BCUT2D eigenvalue weighted by molar-refractivity contribution is 0.108. The summed E-state index contributed by atoms with van der Waals surface area (Å²) in [6, 6.07) is 10.6. The lowest BCUT2D eigenvalue weighted by atomic mass is 9.95. The molecule has 7 rings (SSSR count). The zero-order chi connectivity index (χ0) is 28.2. The number of ether oxygens (including phenoxy) is 1. The van der Waals surface area contributed by atoms with Crippen molar-refractivity contribution >= 4 is 37.5 Å². The summed E-state index contributed by atoms with van der Waals surface area (Å²) in [6.45, 7) is 3.23. The maximum atomic E-state index is 16.5. The first-order valence-corrected chi connectivity index (χ1v) is 15.7. The molecule has 0 radical (unpaired) electrons. The first kappa shape index (κ1) is 26.3. The number of fused-ring (bicyclic) bond motifs is 3. The van der Waals surface area contributed by atoms with Crippen molar-refractivity contribution in [3.63, 3.8) is 0 Å². The molecule has 0 aliphatic carbocycles. The zero-order valence-corrected chi connectivity index (χ0v) is 23.3. The fourth-order valence-corrected chi connectivity index (χ4v) is 7.64. The summed E-state index contributed by atoms with van der Waals surface area (Å²) in [5, 5.41) is 12.3. The molecule has 3 aliphatic heterocycles. The fourth-order valence-electron chi connectivity index (χ4n) is 6.63. The van der Waals surface area contributed by atoms with Crippen LogP contribution < -0.4 is 14.4 Å². The number of nitrogens with one attached hydrogen (secondary N) is 1. The van der Waals surface area contributed by atoms with Crippen molar-refractivity contribution in [2.45, 2.75) is 31.2 Å². The normalized spacial score (nSPS) is 20.4. The van der Waals surface area contributed by atoms with Crippen molar-refractivity contribution in [1.29, 1.82) is 0 Å². The number of phenols is 1. The van der Waals surface area contributed by atoms with Crippen LogP contribution in [0.3, 0.4) is 0 Å². The smallest absolute Gasteiger partial charge is 0.319 e. The molecule has 0 amide bonds. The molecule has 10 nitrogen and oxygen atoms in total. The number of nitrogens with zero attached hydrogens (tertiary/aromatic N) is 5. The minimum Gasteiger partial charge on any atom is -0.508 e. The summed E-state index contributed by atoms with van der Waals surface area (Å²) in [5.41, 5.74) is 0.479. The van der Waals surface area contributed by atoms with Crippen LogP contribution >= 0.6 is 0 Å². The quantitative estimate of drug-likeness (QED) is 0.367. The number of halogens is 1. The monoisotopic (exact) mass is 578 g/mol.